The van der Waals surface area contributed by atoms with Crippen LogP contribution >= 0.6 is 23.2 Å². The second-order valence-corrected chi connectivity index (χ2v) is 6.00. The molecule has 0 aliphatic heterocycles. The van der Waals surface area contributed by atoms with E-state index in [2.05, 4.69) is 20.5 Å². The summed E-state index contributed by atoms with van der Waals surface area (Å²) in [6, 6.07) is 16.1. The van der Waals surface area contributed by atoms with E-state index >= 15 is 0 Å². The standard InChI is InChI=1S/C18H12Cl2N4O2/c19-15-9-13(5-7-17(15)25)23-21-11-1-2-12(4-3-11)22-24-14-6-8-18(26)16(20)10-14/h1-10,25-26H. The molecule has 0 saturated carbocycles. The van der Waals surface area contributed by atoms with Crippen LogP contribution in [0, 0.1) is 0 Å². The lowest BCUT2D eigenvalue weighted by atomic mass is 10.3. The van der Waals surface area contributed by atoms with Crippen LogP contribution in [-0.4, -0.2) is 10.2 Å². The molecule has 0 bridgehead atoms. The van der Waals surface area contributed by atoms with Gasteiger partial charge in [-0.25, -0.2) is 0 Å². The van der Waals surface area contributed by atoms with Gasteiger partial charge in [0, 0.05) is 0 Å². The van der Waals surface area contributed by atoms with Gasteiger partial charge in [0.2, 0.25) is 0 Å². The number of nitrogens with zero attached hydrogens (tertiary/aromatic N) is 4. The number of aromatic hydroxyl groups is 2. The highest BCUT2D eigenvalue weighted by molar-refractivity contribution is 6.32. The van der Waals surface area contributed by atoms with Gasteiger partial charge in [-0.15, -0.1) is 0 Å². The molecule has 8 heteroatoms. The van der Waals surface area contributed by atoms with Crippen molar-refractivity contribution in [2.75, 3.05) is 0 Å². The number of rotatable bonds is 4. The molecule has 3 aromatic carbocycles. The predicted octanol–water partition coefficient (Wildman–Crippen LogP) is 7.24. The Labute approximate surface area is 159 Å². The number of hydrogen-bond acceptors (Lipinski definition) is 6. The van der Waals surface area contributed by atoms with Crippen LogP contribution in [-0.2, 0) is 0 Å². The largest absolute Gasteiger partial charge is 0.506 e. The molecule has 0 aromatic heterocycles. The second-order valence-electron chi connectivity index (χ2n) is 5.19. The summed E-state index contributed by atoms with van der Waals surface area (Å²) in [5, 5.41) is 35.5. The molecular weight excluding hydrogens is 375 g/mol. The minimum absolute atomic E-state index is 0.00440. The van der Waals surface area contributed by atoms with Crippen molar-refractivity contribution in [3.63, 3.8) is 0 Å². The first kappa shape index (κ1) is 17.8. The van der Waals surface area contributed by atoms with Gasteiger partial charge in [0.1, 0.15) is 11.5 Å². The molecule has 0 amide bonds. The third-order valence-corrected chi connectivity index (χ3v) is 3.88. The van der Waals surface area contributed by atoms with Crippen LogP contribution in [0.2, 0.25) is 10.0 Å². The lowest BCUT2D eigenvalue weighted by Crippen LogP contribution is -1.69. The van der Waals surface area contributed by atoms with Gasteiger partial charge in [-0.2, -0.15) is 20.5 Å². The van der Waals surface area contributed by atoms with E-state index in [4.69, 9.17) is 23.2 Å². The number of phenolic OH excluding ortho intramolecular Hbond substituents is 2. The van der Waals surface area contributed by atoms with Gasteiger partial charge < -0.3 is 10.2 Å². The highest BCUT2D eigenvalue weighted by Crippen LogP contribution is 2.30. The summed E-state index contributed by atoms with van der Waals surface area (Å²) >= 11 is 11.6. The maximum absolute atomic E-state index is 9.38. The van der Waals surface area contributed by atoms with Crippen LogP contribution in [0.15, 0.2) is 81.1 Å². The molecule has 3 aromatic rings. The van der Waals surface area contributed by atoms with Crippen LogP contribution in [0.25, 0.3) is 0 Å². The second kappa shape index (κ2) is 7.95. The van der Waals surface area contributed by atoms with Gasteiger partial charge >= 0.3 is 0 Å². The van der Waals surface area contributed by atoms with Crippen LogP contribution in [0.3, 0.4) is 0 Å². The lowest BCUT2D eigenvalue weighted by Gasteiger charge is -1.98. The van der Waals surface area contributed by atoms with E-state index < -0.39 is 0 Å². The molecule has 0 atom stereocenters. The first-order chi connectivity index (χ1) is 12.5. The van der Waals surface area contributed by atoms with Crippen molar-refractivity contribution in [2.24, 2.45) is 20.5 Å². The maximum Gasteiger partial charge on any atom is 0.134 e. The lowest BCUT2D eigenvalue weighted by molar-refractivity contribution is 0.475. The maximum atomic E-state index is 9.38. The molecule has 130 valence electrons. The highest BCUT2D eigenvalue weighted by atomic mass is 35.5. The predicted molar refractivity (Wildman–Crippen MR) is 101 cm³/mol. The topological polar surface area (TPSA) is 89.9 Å². The van der Waals surface area contributed by atoms with Crippen molar-refractivity contribution in [1.82, 2.24) is 0 Å². The van der Waals surface area contributed by atoms with Crippen LogP contribution < -0.4 is 0 Å². The Kier molecular flexibility index (Phi) is 5.46. The average Bonchev–Trinajstić information content (AvgIpc) is 2.64. The minimum atomic E-state index is -0.00440. The van der Waals surface area contributed by atoms with Gasteiger partial charge in [0.05, 0.1) is 32.8 Å². The molecule has 0 aliphatic carbocycles. The van der Waals surface area contributed by atoms with Gasteiger partial charge in [-0.05, 0) is 60.7 Å². The fourth-order valence-corrected chi connectivity index (χ4v) is 2.28. The number of hydrogen-bond donors (Lipinski definition) is 2. The molecule has 2 N–H and O–H groups in total. The summed E-state index contributed by atoms with van der Waals surface area (Å²) in [5.74, 6) is -0.00880. The van der Waals surface area contributed by atoms with Gasteiger partial charge in [-0.1, -0.05) is 23.2 Å². The summed E-state index contributed by atoms with van der Waals surface area (Å²) < 4.78 is 0. The monoisotopic (exact) mass is 386 g/mol. The van der Waals surface area contributed by atoms with Gasteiger partial charge in [-0.3, -0.25) is 0 Å². The molecule has 3 rings (SSSR count). The molecule has 0 heterocycles. The Hall–Kier alpha value is -2.96. The Balaban J connectivity index is 1.69. The average molecular weight is 387 g/mol. The van der Waals surface area contributed by atoms with Crippen molar-refractivity contribution in [3.05, 3.63) is 70.7 Å². The van der Waals surface area contributed by atoms with Crippen molar-refractivity contribution in [3.8, 4) is 11.5 Å². The summed E-state index contributed by atoms with van der Waals surface area (Å²) in [7, 11) is 0. The van der Waals surface area contributed by atoms with Gasteiger partial charge in [0.15, 0.2) is 0 Å². The zero-order chi connectivity index (χ0) is 18.5. The van der Waals surface area contributed by atoms with Crippen LogP contribution in [0.4, 0.5) is 22.7 Å². The SMILES string of the molecule is Oc1ccc(N=Nc2ccc(N=Nc3ccc(O)c(Cl)c3)cc2)cc1Cl. The van der Waals surface area contributed by atoms with Crippen molar-refractivity contribution in [2.45, 2.75) is 0 Å². The van der Waals surface area contributed by atoms with Crippen molar-refractivity contribution in [1.29, 1.82) is 0 Å². The number of benzene rings is 3. The summed E-state index contributed by atoms with van der Waals surface area (Å²) in [5.41, 5.74) is 2.31. The summed E-state index contributed by atoms with van der Waals surface area (Å²) in [6.07, 6.45) is 0. The number of azo groups is 2. The van der Waals surface area contributed by atoms with E-state index in [0.717, 1.165) is 0 Å². The van der Waals surface area contributed by atoms with E-state index in [1.54, 1.807) is 36.4 Å². The molecule has 0 unspecified atom stereocenters. The van der Waals surface area contributed by atoms with E-state index in [1.165, 1.54) is 24.3 Å². The Morgan fingerprint density at radius 3 is 1.15 bits per heavy atom. The molecule has 0 aliphatic rings. The Bertz CT molecular complexity index is 908. The normalized spacial score (nSPS) is 11.5. The fourth-order valence-electron chi connectivity index (χ4n) is 1.93. The van der Waals surface area contributed by atoms with E-state index in [-0.39, 0.29) is 21.5 Å². The van der Waals surface area contributed by atoms with Gasteiger partial charge in [0.25, 0.3) is 0 Å². The first-order valence-corrected chi connectivity index (χ1v) is 8.17. The molecule has 0 radical (unpaired) electrons. The quantitative estimate of drug-likeness (QED) is 0.462. The van der Waals surface area contributed by atoms with Crippen LogP contribution in [0.1, 0.15) is 0 Å². The molecule has 0 spiro atoms. The van der Waals surface area contributed by atoms with E-state index in [1.807, 2.05) is 0 Å². The zero-order valence-corrected chi connectivity index (χ0v) is 14.7. The van der Waals surface area contributed by atoms with Crippen LogP contribution in [0.5, 0.6) is 11.5 Å². The van der Waals surface area contributed by atoms with E-state index in [9.17, 15) is 10.2 Å². The van der Waals surface area contributed by atoms with E-state index in [0.29, 0.717) is 22.7 Å². The van der Waals surface area contributed by atoms with Crippen molar-refractivity contribution < 1.29 is 10.2 Å². The molecule has 26 heavy (non-hydrogen) atoms. The smallest absolute Gasteiger partial charge is 0.134 e. The summed E-state index contributed by atoms with van der Waals surface area (Å²) in [4.78, 5) is 0. The fraction of sp³-hybridized carbons (Fsp3) is 0. The zero-order valence-electron chi connectivity index (χ0n) is 13.2. The molecular formula is C18H12Cl2N4O2. The molecule has 0 fully saturated rings. The number of phenols is 2. The minimum Gasteiger partial charge on any atom is -0.506 e. The van der Waals surface area contributed by atoms with Crippen molar-refractivity contribution >= 4 is 46.0 Å². The third kappa shape index (κ3) is 4.56. The molecule has 0 saturated heterocycles. The Morgan fingerprint density at radius 1 is 0.500 bits per heavy atom. The number of halogens is 2. The first-order valence-electron chi connectivity index (χ1n) is 7.42. The molecule has 6 nitrogen and oxygen atoms in total. The Morgan fingerprint density at radius 2 is 0.808 bits per heavy atom. The summed E-state index contributed by atoms with van der Waals surface area (Å²) in [6.45, 7) is 0. The third-order valence-electron chi connectivity index (χ3n) is 3.27. The highest BCUT2D eigenvalue weighted by Gasteiger charge is 2.00.